The first-order chi connectivity index (χ1) is 13.5. The SMILES string of the molecule is CC[NH+](CC)Cc1c([O-])ccc2c1O/C(=C\c1ccc(OC)c(OC)c1)C2=O. The number of hydrogen-bond acceptors (Lipinski definition) is 5. The highest BCUT2D eigenvalue weighted by atomic mass is 16.5. The molecule has 3 rings (SSSR count). The van der Waals surface area contributed by atoms with Crippen molar-refractivity contribution in [2.45, 2.75) is 20.4 Å². The molecule has 0 aliphatic carbocycles. The van der Waals surface area contributed by atoms with Crippen molar-refractivity contribution in [3.63, 3.8) is 0 Å². The topological polar surface area (TPSA) is 72.3 Å². The number of nitrogens with one attached hydrogen (secondary N) is 1. The van der Waals surface area contributed by atoms with E-state index in [2.05, 4.69) is 13.8 Å². The minimum absolute atomic E-state index is 0.0988. The number of allylic oxidation sites excluding steroid dienone is 1. The fourth-order valence-electron chi connectivity index (χ4n) is 3.30. The van der Waals surface area contributed by atoms with E-state index >= 15 is 0 Å². The molecule has 28 heavy (non-hydrogen) atoms. The fraction of sp³-hybridized carbons (Fsp3) is 0.318. The van der Waals surface area contributed by atoms with E-state index in [-0.39, 0.29) is 17.3 Å². The number of carbonyl (C=O) groups excluding carboxylic acids is 1. The second-order valence-electron chi connectivity index (χ2n) is 6.61. The van der Waals surface area contributed by atoms with Crippen molar-refractivity contribution in [3.8, 4) is 23.0 Å². The summed E-state index contributed by atoms with van der Waals surface area (Å²) in [7, 11) is 3.12. The van der Waals surface area contributed by atoms with Crippen molar-refractivity contribution >= 4 is 11.9 Å². The van der Waals surface area contributed by atoms with Crippen LogP contribution in [0, 0.1) is 0 Å². The number of carbonyl (C=O) groups is 1. The lowest BCUT2D eigenvalue weighted by Gasteiger charge is -2.21. The van der Waals surface area contributed by atoms with Crippen LogP contribution < -0.4 is 24.2 Å². The van der Waals surface area contributed by atoms with Crippen LogP contribution in [0.4, 0.5) is 0 Å². The lowest BCUT2D eigenvalue weighted by atomic mass is 10.0. The summed E-state index contributed by atoms with van der Waals surface area (Å²) in [5.74, 6) is 1.44. The largest absolute Gasteiger partial charge is 0.872 e. The number of methoxy groups -OCH3 is 2. The molecule has 1 N–H and O–H groups in total. The minimum Gasteiger partial charge on any atom is -0.872 e. The maximum Gasteiger partial charge on any atom is 0.231 e. The van der Waals surface area contributed by atoms with Crippen molar-refractivity contribution in [2.75, 3.05) is 27.3 Å². The number of quaternary nitrogens is 1. The summed E-state index contributed by atoms with van der Waals surface area (Å²) >= 11 is 0. The van der Waals surface area contributed by atoms with E-state index in [1.165, 1.54) is 11.0 Å². The molecule has 1 aliphatic heterocycles. The third-order valence-electron chi connectivity index (χ3n) is 5.03. The third-order valence-corrected chi connectivity index (χ3v) is 5.03. The highest BCUT2D eigenvalue weighted by Gasteiger charge is 2.30. The molecule has 0 atom stereocenters. The van der Waals surface area contributed by atoms with Crippen LogP contribution in [0.1, 0.15) is 35.3 Å². The molecular weight excluding hydrogens is 358 g/mol. The van der Waals surface area contributed by atoms with Crippen LogP contribution in [0.25, 0.3) is 6.08 Å². The normalized spacial score (nSPS) is 14.3. The molecule has 148 valence electrons. The van der Waals surface area contributed by atoms with Gasteiger partial charge in [0, 0.05) is 5.56 Å². The number of benzene rings is 2. The predicted molar refractivity (Wildman–Crippen MR) is 104 cm³/mol. The smallest absolute Gasteiger partial charge is 0.231 e. The van der Waals surface area contributed by atoms with Crippen molar-refractivity contribution in [1.29, 1.82) is 0 Å². The Morgan fingerprint density at radius 2 is 1.79 bits per heavy atom. The van der Waals surface area contributed by atoms with E-state index in [1.807, 2.05) is 6.07 Å². The second kappa shape index (κ2) is 8.35. The number of rotatable bonds is 7. The molecule has 0 unspecified atom stereocenters. The average Bonchev–Trinajstić information content (AvgIpc) is 3.03. The van der Waals surface area contributed by atoms with E-state index in [9.17, 15) is 9.90 Å². The molecule has 6 nitrogen and oxygen atoms in total. The van der Waals surface area contributed by atoms with Gasteiger partial charge in [-0.1, -0.05) is 17.9 Å². The lowest BCUT2D eigenvalue weighted by molar-refractivity contribution is -0.910. The Bertz CT molecular complexity index is 915. The Hall–Kier alpha value is -2.99. The monoisotopic (exact) mass is 383 g/mol. The van der Waals surface area contributed by atoms with Gasteiger partial charge in [-0.25, -0.2) is 0 Å². The van der Waals surface area contributed by atoms with Crippen molar-refractivity contribution in [1.82, 2.24) is 0 Å². The minimum atomic E-state index is -0.222. The molecular formula is C22H25NO5. The van der Waals surface area contributed by atoms with Crippen molar-refractivity contribution < 1.29 is 29.0 Å². The zero-order valence-corrected chi connectivity index (χ0v) is 16.6. The number of ether oxygens (including phenoxy) is 3. The number of ketones is 1. The van der Waals surface area contributed by atoms with Crippen LogP contribution in [0.3, 0.4) is 0 Å². The van der Waals surface area contributed by atoms with Gasteiger partial charge in [0.1, 0.15) is 12.3 Å². The molecule has 0 saturated heterocycles. The van der Waals surface area contributed by atoms with Crippen LogP contribution in [0.15, 0.2) is 36.1 Å². The summed E-state index contributed by atoms with van der Waals surface area (Å²) in [6, 6.07) is 8.36. The van der Waals surface area contributed by atoms with Gasteiger partial charge in [0.2, 0.25) is 5.78 Å². The molecule has 2 aromatic rings. The first-order valence-electron chi connectivity index (χ1n) is 9.35. The van der Waals surface area contributed by atoms with E-state index in [1.54, 1.807) is 38.5 Å². The molecule has 0 amide bonds. The summed E-state index contributed by atoms with van der Waals surface area (Å²) in [6.07, 6.45) is 1.66. The van der Waals surface area contributed by atoms with E-state index in [4.69, 9.17) is 14.2 Å². The van der Waals surface area contributed by atoms with E-state index in [0.29, 0.717) is 34.9 Å². The Balaban J connectivity index is 1.96. The highest BCUT2D eigenvalue weighted by Crippen LogP contribution is 2.38. The third kappa shape index (κ3) is 3.68. The molecule has 2 aromatic carbocycles. The first kappa shape index (κ1) is 19.8. The van der Waals surface area contributed by atoms with Gasteiger partial charge < -0.3 is 24.2 Å². The van der Waals surface area contributed by atoms with Gasteiger partial charge >= 0.3 is 0 Å². The number of fused-ring (bicyclic) bond motifs is 1. The molecule has 0 radical (unpaired) electrons. The Morgan fingerprint density at radius 3 is 2.43 bits per heavy atom. The van der Waals surface area contributed by atoms with Gasteiger partial charge in [0.25, 0.3) is 0 Å². The van der Waals surface area contributed by atoms with Gasteiger partial charge in [-0.3, -0.25) is 4.79 Å². The molecule has 1 aliphatic rings. The van der Waals surface area contributed by atoms with E-state index in [0.717, 1.165) is 18.7 Å². The van der Waals surface area contributed by atoms with Gasteiger partial charge in [-0.2, -0.15) is 0 Å². The maximum absolute atomic E-state index is 12.8. The van der Waals surface area contributed by atoms with Crippen LogP contribution >= 0.6 is 0 Å². The van der Waals surface area contributed by atoms with E-state index < -0.39 is 0 Å². The molecule has 0 spiro atoms. The van der Waals surface area contributed by atoms with Gasteiger partial charge in [-0.05, 0) is 43.7 Å². The first-order valence-corrected chi connectivity index (χ1v) is 9.35. The standard InChI is InChI=1S/C22H25NO5/c1-5-23(6-2)13-16-17(24)9-8-15-21(25)20(28-22(15)16)12-14-7-10-18(26-3)19(11-14)27-4/h7-12,24H,5-6,13H2,1-4H3/b20-12-. The Kier molecular flexibility index (Phi) is 5.90. The lowest BCUT2D eigenvalue weighted by Crippen LogP contribution is -3.10. The van der Waals surface area contributed by atoms with Crippen LogP contribution in [-0.2, 0) is 6.54 Å². The quantitative estimate of drug-likeness (QED) is 0.739. The molecule has 0 aromatic heterocycles. The van der Waals surface area contributed by atoms with Crippen molar-refractivity contribution in [3.05, 3.63) is 52.8 Å². The summed E-state index contributed by atoms with van der Waals surface area (Å²) in [5, 5.41) is 12.4. The average molecular weight is 383 g/mol. The summed E-state index contributed by atoms with van der Waals surface area (Å²) < 4.78 is 16.4. The second-order valence-corrected chi connectivity index (χ2v) is 6.61. The van der Waals surface area contributed by atoms with Gasteiger partial charge in [0.05, 0.1) is 32.9 Å². The molecule has 0 fully saturated rings. The number of hydrogen-bond donors (Lipinski definition) is 1. The van der Waals surface area contributed by atoms with Crippen molar-refractivity contribution in [2.24, 2.45) is 0 Å². The van der Waals surface area contributed by atoms with Gasteiger partial charge in [0.15, 0.2) is 17.3 Å². The Morgan fingerprint density at radius 1 is 1.07 bits per heavy atom. The van der Waals surface area contributed by atoms with Crippen LogP contribution in [0.2, 0.25) is 0 Å². The summed E-state index contributed by atoms with van der Waals surface area (Å²) in [5.41, 5.74) is 1.74. The molecule has 6 heteroatoms. The van der Waals surface area contributed by atoms with Crippen LogP contribution in [-0.4, -0.2) is 33.1 Å². The molecule has 0 saturated carbocycles. The summed E-state index contributed by atoms with van der Waals surface area (Å²) in [6.45, 7) is 6.46. The zero-order valence-electron chi connectivity index (χ0n) is 16.6. The van der Waals surface area contributed by atoms with Crippen LogP contribution in [0.5, 0.6) is 23.0 Å². The fourth-order valence-corrected chi connectivity index (χ4v) is 3.30. The van der Waals surface area contributed by atoms with Gasteiger partial charge in [-0.15, -0.1) is 0 Å². The maximum atomic E-state index is 12.8. The predicted octanol–water partition coefficient (Wildman–Crippen LogP) is 1.82. The number of Topliss-reactive ketones (excluding diaryl/α,β-unsaturated/α-hetero) is 1. The molecule has 1 heterocycles. The summed E-state index contributed by atoms with van der Waals surface area (Å²) in [4.78, 5) is 14.1. The zero-order chi connectivity index (χ0) is 20.3. The Labute approximate surface area is 164 Å². The molecule has 0 bridgehead atoms. The highest BCUT2D eigenvalue weighted by molar-refractivity contribution is 6.15.